The summed E-state index contributed by atoms with van der Waals surface area (Å²) in [6, 6.07) is 19.0. The number of aromatic amines is 1. The van der Waals surface area contributed by atoms with Crippen molar-refractivity contribution in [2.45, 2.75) is 45.7 Å². The molecule has 34 heavy (non-hydrogen) atoms. The van der Waals surface area contributed by atoms with Crippen molar-refractivity contribution < 1.29 is 4.42 Å². The van der Waals surface area contributed by atoms with Gasteiger partial charge >= 0.3 is 0 Å². The zero-order valence-corrected chi connectivity index (χ0v) is 19.6. The third-order valence-corrected chi connectivity index (χ3v) is 6.67. The summed E-state index contributed by atoms with van der Waals surface area (Å²) in [7, 11) is 0. The number of H-pyrrole nitrogens is 1. The second-order valence-corrected chi connectivity index (χ2v) is 9.37. The highest BCUT2D eigenvalue weighted by Crippen LogP contribution is 2.37. The zero-order valence-electron chi connectivity index (χ0n) is 19.6. The second kappa shape index (κ2) is 8.22. The molecule has 2 aromatic carbocycles. The number of hydrogen-bond donors (Lipinski definition) is 2. The lowest BCUT2D eigenvalue weighted by Crippen LogP contribution is -2.28. The maximum Gasteiger partial charge on any atom is 0.247 e. The van der Waals surface area contributed by atoms with Crippen molar-refractivity contribution in [2.75, 3.05) is 0 Å². The van der Waals surface area contributed by atoms with Crippen molar-refractivity contribution in [1.29, 1.82) is 0 Å². The van der Waals surface area contributed by atoms with Gasteiger partial charge in [-0.2, -0.15) is 0 Å². The Balaban J connectivity index is 1.36. The molecule has 6 rings (SSSR count). The lowest BCUT2D eigenvalue weighted by molar-refractivity contribution is 0.386. The van der Waals surface area contributed by atoms with E-state index in [1.807, 2.05) is 19.2 Å². The molecule has 0 spiro atoms. The number of nitrogens with one attached hydrogen (secondary N) is 2. The highest BCUT2D eigenvalue weighted by molar-refractivity contribution is 5.93. The van der Waals surface area contributed by atoms with Gasteiger partial charge in [0.05, 0.1) is 11.7 Å². The molecular formula is C28H27N5O. The van der Waals surface area contributed by atoms with Crippen LogP contribution in [0.4, 0.5) is 0 Å². The third kappa shape index (κ3) is 3.60. The Hall–Kier alpha value is -3.77. The first-order valence-electron chi connectivity index (χ1n) is 11.8. The van der Waals surface area contributed by atoms with Gasteiger partial charge in [0.1, 0.15) is 0 Å². The number of aryl methyl sites for hydroxylation is 1. The Morgan fingerprint density at radius 1 is 0.971 bits per heavy atom. The summed E-state index contributed by atoms with van der Waals surface area (Å²) in [5.41, 5.74) is 9.28. The molecule has 0 radical (unpaired) electrons. The number of rotatable bonds is 4. The molecule has 1 aliphatic rings. The number of aromatic nitrogens is 4. The van der Waals surface area contributed by atoms with Crippen molar-refractivity contribution in [3.05, 3.63) is 89.1 Å². The predicted octanol–water partition coefficient (Wildman–Crippen LogP) is 6.10. The van der Waals surface area contributed by atoms with Crippen molar-refractivity contribution in [3.63, 3.8) is 0 Å². The van der Waals surface area contributed by atoms with E-state index in [4.69, 9.17) is 4.42 Å². The van der Waals surface area contributed by atoms with Crippen LogP contribution in [0.3, 0.4) is 0 Å². The summed E-state index contributed by atoms with van der Waals surface area (Å²) in [6.07, 6.45) is 2.71. The van der Waals surface area contributed by atoms with Crippen molar-refractivity contribution in [1.82, 2.24) is 25.5 Å². The van der Waals surface area contributed by atoms with E-state index in [9.17, 15) is 0 Å². The van der Waals surface area contributed by atoms with Gasteiger partial charge in [-0.05, 0) is 66.3 Å². The van der Waals surface area contributed by atoms with Gasteiger partial charge in [0.15, 0.2) is 0 Å². The largest absolute Gasteiger partial charge is 0.419 e. The molecule has 4 heterocycles. The van der Waals surface area contributed by atoms with Crippen molar-refractivity contribution in [3.8, 4) is 22.7 Å². The highest BCUT2D eigenvalue weighted by Gasteiger charge is 2.25. The molecule has 0 fully saturated rings. The first kappa shape index (κ1) is 20.8. The third-order valence-electron chi connectivity index (χ3n) is 6.67. The van der Waals surface area contributed by atoms with Gasteiger partial charge in [-0.15, -0.1) is 10.2 Å². The topological polar surface area (TPSA) is 79.6 Å². The van der Waals surface area contributed by atoms with Crippen LogP contribution in [0.1, 0.15) is 54.1 Å². The normalized spacial score (nSPS) is 15.7. The van der Waals surface area contributed by atoms with E-state index in [-0.39, 0.29) is 6.04 Å². The molecule has 6 nitrogen and oxygen atoms in total. The molecule has 0 saturated heterocycles. The Morgan fingerprint density at radius 2 is 1.82 bits per heavy atom. The van der Waals surface area contributed by atoms with Gasteiger partial charge < -0.3 is 14.7 Å². The maximum atomic E-state index is 6.18. The van der Waals surface area contributed by atoms with E-state index in [1.54, 1.807) is 0 Å². The van der Waals surface area contributed by atoms with Crippen LogP contribution in [-0.4, -0.2) is 20.2 Å². The average Bonchev–Trinajstić information content (AvgIpc) is 3.49. The minimum absolute atomic E-state index is 0.0277. The summed E-state index contributed by atoms with van der Waals surface area (Å²) < 4.78 is 6.18. The predicted molar refractivity (Wildman–Crippen MR) is 133 cm³/mol. The lowest BCUT2D eigenvalue weighted by atomic mass is 9.95. The fourth-order valence-corrected chi connectivity index (χ4v) is 5.00. The van der Waals surface area contributed by atoms with Crippen molar-refractivity contribution in [2.24, 2.45) is 0 Å². The standard InChI is InChI=1S/C28H27N5O/c1-16(2)25-22-13-20(8-9-23(22)31-26(25)19-10-11-29-17(3)12-19)27-32-33-28(34-27)24-14-18-6-4-5-7-21(18)15-30-24/h4-13,16,24,30-31H,14-15H2,1-3H3. The molecular weight excluding hydrogens is 422 g/mol. The molecule has 0 bridgehead atoms. The minimum Gasteiger partial charge on any atom is -0.419 e. The maximum absolute atomic E-state index is 6.18. The zero-order chi connectivity index (χ0) is 23.2. The van der Waals surface area contributed by atoms with Gasteiger partial charge in [-0.3, -0.25) is 4.98 Å². The number of fused-ring (bicyclic) bond motifs is 2. The van der Waals surface area contributed by atoms with E-state index in [2.05, 4.69) is 87.9 Å². The van der Waals surface area contributed by atoms with E-state index >= 15 is 0 Å². The van der Waals surface area contributed by atoms with Crippen LogP contribution in [-0.2, 0) is 13.0 Å². The number of pyridine rings is 1. The molecule has 5 aromatic rings. The SMILES string of the molecule is Cc1cc(-c2[nH]c3ccc(-c4nnc(C5Cc6ccccc6CN5)o4)cc3c2C(C)C)ccn1. The molecule has 0 aliphatic carbocycles. The van der Waals surface area contributed by atoms with Gasteiger partial charge in [-0.25, -0.2) is 0 Å². The fourth-order valence-electron chi connectivity index (χ4n) is 5.00. The first-order valence-corrected chi connectivity index (χ1v) is 11.8. The quantitative estimate of drug-likeness (QED) is 0.347. The molecule has 1 atom stereocenters. The fraction of sp³-hybridized carbons (Fsp3) is 0.250. The monoisotopic (exact) mass is 449 g/mol. The Bertz CT molecular complexity index is 1500. The van der Waals surface area contributed by atoms with Crippen LogP contribution < -0.4 is 5.32 Å². The van der Waals surface area contributed by atoms with E-state index in [0.29, 0.717) is 17.7 Å². The second-order valence-electron chi connectivity index (χ2n) is 9.37. The summed E-state index contributed by atoms with van der Waals surface area (Å²) in [5.74, 6) is 1.53. The van der Waals surface area contributed by atoms with E-state index in [1.165, 1.54) is 22.1 Å². The highest BCUT2D eigenvalue weighted by atomic mass is 16.4. The van der Waals surface area contributed by atoms with Crippen LogP contribution in [0.15, 0.2) is 65.2 Å². The Kier molecular flexibility index (Phi) is 5.03. The molecule has 6 heteroatoms. The number of hydrogen-bond acceptors (Lipinski definition) is 5. The van der Waals surface area contributed by atoms with Crippen LogP contribution >= 0.6 is 0 Å². The van der Waals surface area contributed by atoms with Crippen LogP contribution in [0.2, 0.25) is 0 Å². The number of benzene rings is 2. The Labute approximate surface area is 198 Å². The van der Waals surface area contributed by atoms with Gasteiger partial charge in [0, 0.05) is 40.5 Å². The lowest BCUT2D eigenvalue weighted by Gasteiger charge is -2.23. The summed E-state index contributed by atoms with van der Waals surface area (Å²) in [5, 5.41) is 13.5. The smallest absolute Gasteiger partial charge is 0.247 e. The summed E-state index contributed by atoms with van der Waals surface area (Å²) in [4.78, 5) is 7.98. The van der Waals surface area contributed by atoms with Crippen LogP contribution in [0.5, 0.6) is 0 Å². The molecule has 1 unspecified atom stereocenters. The Morgan fingerprint density at radius 3 is 2.65 bits per heavy atom. The molecule has 0 saturated carbocycles. The first-order chi connectivity index (χ1) is 16.6. The minimum atomic E-state index is 0.0277. The van der Waals surface area contributed by atoms with Crippen molar-refractivity contribution >= 4 is 10.9 Å². The van der Waals surface area contributed by atoms with E-state index < -0.39 is 0 Å². The van der Waals surface area contributed by atoms with Gasteiger partial charge in [0.2, 0.25) is 11.8 Å². The summed E-state index contributed by atoms with van der Waals surface area (Å²) in [6.45, 7) is 7.28. The molecule has 1 aliphatic heterocycles. The summed E-state index contributed by atoms with van der Waals surface area (Å²) >= 11 is 0. The van der Waals surface area contributed by atoms with Crippen LogP contribution in [0.25, 0.3) is 33.6 Å². The molecule has 3 aromatic heterocycles. The molecule has 0 amide bonds. The van der Waals surface area contributed by atoms with Gasteiger partial charge in [0.25, 0.3) is 0 Å². The average molecular weight is 450 g/mol. The van der Waals surface area contributed by atoms with Crippen LogP contribution in [0, 0.1) is 6.92 Å². The van der Waals surface area contributed by atoms with Gasteiger partial charge in [-0.1, -0.05) is 38.1 Å². The molecule has 170 valence electrons. The van der Waals surface area contributed by atoms with E-state index in [0.717, 1.165) is 41.0 Å². The molecule has 2 N–H and O–H groups in total. The number of nitrogens with zero attached hydrogens (tertiary/aromatic N) is 3.